The number of hydrogen-bond acceptors (Lipinski definition) is 20. The van der Waals surface area contributed by atoms with Gasteiger partial charge in [0.2, 0.25) is 17.7 Å². The van der Waals surface area contributed by atoms with Crippen molar-refractivity contribution in [2.45, 2.75) is 127 Å². The van der Waals surface area contributed by atoms with Gasteiger partial charge >= 0.3 is 0 Å². The van der Waals surface area contributed by atoms with Gasteiger partial charge < -0.3 is 54.7 Å². The number of piperazine rings is 1. The molecule has 5 N–H and O–H groups in total. The lowest BCUT2D eigenvalue weighted by Crippen LogP contribution is -2.54. The zero-order valence-corrected chi connectivity index (χ0v) is 44.7. The number of carbonyl (C=O) groups excluding carboxylic acids is 2. The zero-order valence-electron chi connectivity index (χ0n) is 43.9. The molecule has 6 atom stereocenters. The number of nitrogens with two attached hydrogens (primary N) is 1. The molecule has 5 fully saturated rings. The SMILES string of the molecule is Cc1ncsc1-c1ccc([C@@H](C)NC(=O)[C@@H]2C[C@@H](O)CN2C(=O)[C@H](c2cc(OCCN3CCC(OC4CC(Oc5cc(N6C7CC[C@@H]6CN(c6cc(-c8ccccc8O)nnc6N)C7)ccn5)C4)CC3)no2)C(C)C)nn1. The van der Waals surface area contributed by atoms with Crippen LogP contribution in [-0.2, 0) is 14.3 Å². The molecule has 5 aliphatic rings. The van der Waals surface area contributed by atoms with Crippen LogP contribution in [0.3, 0.4) is 0 Å². The number of nitrogens with one attached hydrogen (secondary N) is 1. The van der Waals surface area contributed by atoms with E-state index in [9.17, 15) is 19.8 Å². The van der Waals surface area contributed by atoms with Crippen LogP contribution in [0.4, 0.5) is 17.2 Å². The number of pyridine rings is 1. The number of aryl methyl sites for hydroxylation is 1. The Morgan fingerprint density at radius 1 is 0.870 bits per heavy atom. The summed E-state index contributed by atoms with van der Waals surface area (Å²) in [5.41, 5.74) is 13.5. The third-order valence-corrected chi connectivity index (χ3v) is 16.8. The molecule has 0 radical (unpaired) electrons. The van der Waals surface area contributed by atoms with Gasteiger partial charge in [-0.3, -0.25) is 14.5 Å². The number of nitrogen functional groups attached to an aromatic ring is 1. The van der Waals surface area contributed by atoms with Crippen molar-refractivity contribution in [2.24, 2.45) is 5.92 Å². The van der Waals surface area contributed by atoms with Crippen LogP contribution >= 0.6 is 11.3 Å². The molecule has 1 aromatic carbocycles. The number of ether oxygens (including phenoxy) is 3. The summed E-state index contributed by atoms with van der Waals surface area (Å²) < 4.78 is 24.7. The first kappa shape index (κ1) is 52.1. The number of β-amino-alcohol motifs (C(OH)–C–C–N with tert-alkyl or cyclic N) is 1. The number of aromatic nitrogens is 7. The van der Waals surface area contributed by atoms with E-state index in [1.54, 1.807) is 23.7 Å². The van der Waals surface area contributed by atoms with E-state index in [-0.39, 0.29) is 66.8 Å². The quantitative estimate of drug-likeness (QED) is 0.0776. The maximum atomic E-state index is 14.2. The zero-order chi connectivity index (χ0) is 53.3. The lowest BCUT2D eigenvalue weighted by atomic mass is 9.91. The van der Waals surface area contributed by atoms with Crippen molar-refractivity contribution < 1.29 is 38.5 Å². The number of phenolic OH excluding ortho intramolecular Hbond substituents is 1. The monoisotopic (exact) mass is 1070 g/mol. The Labute approximate surface area is 451 Å². The van der Waals surface area contributed by atoms with Crippen LogP contribution in [0.5, 0.6) is 17.5 Å². The van der Waals surface area contributed by atoms with Crippen molar-refractivity contribution >= 4 is 40.3 Å². The molecule has 2 bridgehead atoms. The highest BCUT2D eigenvalue weighted by molar-refractivity contribution is 7.13. The summed E-state index contributed by atoms with van der Waals surface area (Å²) >= 11 is 1.49. The maximum Gasteiger partial charge on any atom is 0.254 e. The number of piperidine rings is 1. The first-order valence-corrected chi connectivity index (χ1v) is 27.8. The Kier molecular flexibility index (Phi) is 15.2. The number of nitrogens with zero attached hydrogens (tertiary/aromatic N) is 11. The van der Waals surface area contributed by atoms with Crippen molar-refractivity contribution in [1.82, 2.24) is 50.6 Å². The molecule has 2 amide bonds. The molecule has 0 spiro atoms. The summed E-state index contributed by atoms with van der Waals surface area (Å²) in [6.07, 6.45) is 7.12. The fourth-order valence-corrected chi connectivity index (χ4v) is 12.4. The molecular weight excluding hydrogens is 1000 g/mol. The minimum absolute atomic E-state index is 0.0249. The van der Waals surface area contributed by atoms with E-state index in [1.807, 2.05) is 64.2 Å². The van der Waals surface area contributed by atoms with E-state index in [0.717, 1.165) is 86.6 Å². The number of fused-ring (bicyclic) bond motifs is 2. The second-order valence-electron chi connectivity index (χ2n) is 21.5. The van der Waals surface area contributed by atoms with Crippen LogP contribution < -0.4 is 30.3 Å². The van der Waals surface area contributed by atoms with Crippen LogP contribution in [0, 0.1) is 12.8 Å². The standard InChI is InChI=1S/C55H67N13O8S/c1-31(2)51(55(72)67-29-37(69)22-46(67)54(71)59-32(3)42-11-12-43(61-60-42)52-33(4)58-30-77-52)48-26-50(64-76-48)73-20-19-65-17-14-38(15-18-65)74-39-23-40(24-39)75-49-21-34(13-16-57-49)68-35-9-10-36(68)28-66(27-35)45-25-44(62-63-53(45)56)41-7-5-6-8-47(41)70/h5-8,11-13,16,21,25-26,30-32,35-40,46,51,69-70H,9-10,14-15,17-20,22-24,27-29H2,1-4H3,(H2,56,63)(H,59,71)/t32-,35-,36?,37-,39?,40?,46+,51+/m1/s1. The topological polar surface area (TPSA) is 257 Å². The minimum Gasteiger partial charge on any atom is -0.507 e. The number of aromatic hydroxyl groups is 1. The Hall–Kier alpha value is -7.01. The van der Waals surface area contributed by atoms with Gasteiger partial charge in [0.25, 0.3) is 5.88 Å². The van der Waals surface area contributed by atoms with E-state index in [1.165, 1.54) is 16.2 Å². The second-order valence-corrected chi connectivity index (χ2v) is 22.3. The first-order chi connectivity index (χ1) is 37.3. The molecule has 22 heteroatoms. The summed E-state index contributed by atoms with van der Waals surface area (Å²) in [6.45, 7) is 12.0. The number of benzene rings is 1. The summed E-state index contributed by atoms with van der Waals surface area (Å²) in [6, 6.07) is 17.8. The number of phenols is 1. The number of thiazole rings is 1. The molecule has 6 aromatic rings. The summed E-state index contributed by atoms with van der Waals surface area (Å²) in [7, 11) is 0. The van der Waals surface area contributed by atoms with Crippen molar-refractivity contribution in [3.63, 3.8) is 0 Å². The third kappa shape index (κ3) is 11.4. The van der Waals surface area contributed by atoms with Crippen molar-refractivity contribution in [2.75, 3.05) is 61.4 Å². The molecule has 4 saturated heterocycles. The molecule has 1 aliphatic carbocycles. The van der Waals surface area contributed by atoms with Crippen LogP contribution in [0.25, 0.3) is 21.8 Å². The van der Waals surface area contributed by atoms with E-state index in [0.29, 0.717) is 59.1 Å². The number of aliphatic hydroxyl groups is 1. The second kappa shape index (κ2) is 22.5. The Morgan fingerprint density at radius 3 is 2.38 bits per heavy atom. The smallest absolute Gasteiger partial charge is 0.254 e. The normalized spacial score (nSPS) is 23.5. The fourth-order valence-electron chi connectivity index (χ4n) is 11.7. The van der Waals surface area contributed by atoms with Crippen LogP contribution in [-0.4, -0.2) is 156 Å². The molecule has 1 saturated carbocycles. The lowest BCUT2D eigenvalue weighted by Gasteiger charge is -2.43. The summed E-state index contributed by atoms with van der Waals surface area (Å²) in [4.78, 5) is 46.4. The van der Waals surface area contributed by atoms with Gasteiger partial charge in [-0.1, -0.05) is 26.0 Å². The molecule has 5 aromatic heterocycles. The van der Waals surface area contributed by atoms with Crippen molar-refractivity contribution in [3.8, 4) is 39.3 Å². The maximum absolute atomic E-state index is 14.2. The third-order valence-electron chi connectivity index (χ3n) is 15.8. The average molecular weight is 1070 g/mol. The Balaban J connectivity index is 0.601. The highest BCUT2D eigenvalue weighted by atomic mass is 32.1. The molecule has 4 aliphatic heterocycles. The molecule has 77 heavy (non-hydrogen) atoms. The van der Waals surface area contributed by atoms with Gasteiger partial charge in [-0.15, -0.1) is 26.6 Å². The van der Waals surface area contributed by atoms with E-state index in [2.05, 4.69) is 67.7 Å². The molecule has 406 valence electrons. The Bertz CT molecular complexity index is 3010. The average Bonchev–Trinajstić information content (AvgIpc) is 4.22. The lowest BCUT2D eigenvalue weighted by molar-refractivity contribution is -0.141. The van der Waals surface area contributed by atoms with E-state index >= 15 is 0 Å². The number of likely N-dealkylation sites (tertiary alicyclic amines) is 2. The number of amides is 2. The van der Waals surface area contributed by atoms with Crippen LogP contribution in [0.15, 0.2) is 76.9 Å². The molecular formula is C55H67N13O8S. The van der Waals surface area contributed by atoms with Gasteiger partial charge in [-0.25, -0.2) is 9.97 Å². The van der Waals surface area contributed by atoms with Gasteiger partial charge in [0.1, 0.15) is 36.1 Å². The number of carbonyl (C=O) groups is 2. The van der Waals surface area contributed by atoms with Gasteiger partial charge in [-0.2, -0.15) is 5.10 Å². The predicted molar refractivity (Wildman–Crippen MR) is 287 cm³/mol. The number of rotatable bonds is 18. The van der Waals surface area contributed by atoms with E-state index in [4.69, 9.17) is 24.5 Å². The number of hydrogen-bond donors (Lipinski definition) is 4. The summed E-state index contributed by atoms with van der Waals surface area (Å²) in [5.74, 6) is 0.165. The van der Waals surface area contributed by atoms with Gasteiger partial charge in [-0.05, 0) is 87.0 Å². The number of aliphatic hydroxyl groups excluding tert-OH is 1. The van der Waals surface area contributed by atoms with Crippen molar-refractivity contribution in [1.29, 1.82) is 0 Å². The molecule has 21 nitrogen and oxygen atoms in total. The van der Waals surface area contributed by atoms with Gasteiger partial charge in [0, 0.05) is 100 Å². The van der Waals surface area contributed by atoms with Crippen LogP contribution in [0.1, 0.15) is 94.8 Å². The highest BCUT2D eigenvalue weighted by Crippen LogP contribution is 2.41. The molecule has 1 unspecified atom stereocenters. The largest absolute Gasteiger partial charge is 0.507 e. The fraction of sp³-hybridized carbons (Fsp3) is 0.509. The van der Waals surface area contributed by atoms with Crippen molar-refractivity contribution in [3.05, 3.63) is 89.5 Å². The highest BCUT2D eigenvalue weighted by Gasteiger charge is 2.45. The van der Waals surface area contributed by atoms with Crippen LogP contribution in [0.2, 0.25) is 0 Å². The first-order valence-electron chi connectivity index (χ1n) is 26.9. The molecule has 11 rings (SSSR count). The predicted octanol–water partition coefficient (Wildman–Crippen LogP) is 5.94. The van der Waals surface area contributed by atoms with Gasteiger partial charge in [0.05, 0.1) is 57.5 Å². The minimum atomic E-state index is -0.878. The van der Waals surface area contributed by atoms with Gasteiger partial charge in [0.15, 0.2) is 11.6 Å². The van der Waals surface area contributed by atoms with E-state index < -0.39 is 24.1 Å². The Morgan fingerprint density at radius 2 is 1.65 bits per heavy atom. The molecule has 9 heterocycles. The number of anilines is 3. The number of para-hydroxylation sites is 1. The summed E-state index contributed by atoms with van der Waals surface area (Å²) in [5, 5.41) is 45.6.